The van der Waals surface area contributed by atoms with Crippen molar-refractivity contribution in [1.29, 1.82) is 0 Å². The van der Waals surface area contributed by atoms with Crippen molar-refractivity contribution in [2.45, 2.75) is 0 Å². The Bertz CT molecular complexity index is 702. The van der Waals surface area contributed by atoms with E-state index in [1.807, 2.05) is 0 Å². The predicted molar refractivity (Wildman–Crippen MR) is 74.3 cm³/mol. The fraction of sp³-hybridized carbons (Fsp3) is 0.133. The van der Waals surface area contributed by atoms with Crippen LogP contribution in [0, 0.1) is 11.6 Å². The number of halogens is 3. The first-order valence-corrected chi connectivity index (χ1v) is 6.27. The lowest BCUT2D eigenvalue weighted by Crippen LogP contribution is -2.05. The first-order chi connectivity index (χ1) is 9.97. The van der Waals surface area contributed by atoms with E-state index in [1.54, 1.807) is 0 Å². The summed E-state index contributed by atoms with van der Waals surface area (Å²) in [7, 11) is 2.85. The number of ether oxygens (including phenoxy) is 2. The van der Waals surface area contributed by atoms with Gasteiger partial charge in [0.05, 0.1) is 19.2 Å². The average molecular weight is 313 g/mol. The van der Waals surface area contributed by atoms with Crippen molar-refractivity contribution >= 4 is 17.4 Å². The van der Waals surface area contributed by atoms with Gasteiger partial charge in [-0.1, -0.05) is 11.6 Å². The average Bonchev–Trinajstić information content (AvgIpc) is 2.49. The number of ketones is 1. The molecule has 3 nitrogen and oxygen atoms in total. The van der Waals surface area contributed by atoms with E-state index in [9.17, 15) is 13.6 Å². The smallest absolute Gasteiger partial charge is 0.194 e. The third-order valence-corrected chi connectivity index (χ3v) is 3.21. The molecule has 0 N–H and O–H groups in total. The molecular weight excluding hydrogens is 302 g/mol. The van der Waals surface area contributed by atoms with Crippen LogP contribution in [0.4, 0.5) is 8.78 Å². The highest BCUT2D eigenvalue weighted by molar-refractivity contribution is 6.35. The van der Waals surface area contributed by atoms with Gasteiger partial charge in [-0.2, -0.15) is 0 Å². The molecule has 0 unspecified atom stereocenters. The lowest BCUT2D eigenvalue weighted by Gasteiger charge is -2.11. The number of carbonyl (C=O) groups is 1. The molecule has 0 atom stereocenters. The van der Waals surface area contributed by atoms with Crippen molar-refractivity contribution in [3.63, 3.8) is 0 Å². The Kier molecular flexibility index (Phi) is 4.43. The molecule has 0 aromatic heterocycles. The van der Waals surface area contributed by atoms with Crippen molar-refractivity contribution in [2.75, 3.05) is 14.2 Å². The molecule has 0 amide bonds. The molecule has 2 aromatic rings. The Morgan fingerprint density at radius 3 is 2.19 bits per heavy atom. The molecule has 0 aliphatic heterocycles. The molecular formula is C15H11ClF2O3. The van der Waals surface area contributed by atoms with Gasteiger partial charge >= 0.3 is 0 Å². The van der Waals surface area contributed by atoms with E-state index in [0.717, 1.165) is 12.1 Å². The minimum absolute atomic E-state index is 0.0111. The number of benzene rings is 2. The van der Waals surface area contributed by atoms with Crippen molar-refractivity contribution in [3.05, 3.63) is 58.1 Å². The lowest BCUT2D eigenvalue weighted by atomic mass is 10.0. The van der Waals surface area contributed by atoms with E-state index in [-0.39, 0.29) is 16.1 Å². The molecule has 21 heavy (non-hydrogen) atoms. The highest BCUT2D eigenvalue weighted by Gasteiger charge is 2.18. The van der Waals surface area contributed by atoms with Gasteiger partial charge in [-0.15, -0.1) is 0 Å². The van der Waals surface area contributed by atoms with Gasteiger partial charge in [0.15, 0.2) is 28.9 Å². The Labute approximate surface area is 125 Å². The fourth-order valence-corrected chi connectivity index (χ4v) is 2.06. The first-order valence-electron chi connectivity index (χ1n) is 5.89. The second kappa shape index (κ2) is 6.10. The summed E-state index contributed by atoms with van der Waals surface area (Å²) in [4.78, 5) is 12.3. The Morgan fingerprint density at radius 2 is 1.62 bits per heavy atom. The zero-order chi connectivity index (χ0) is 15.6. The van der Waals surface area contributed by atoms with Crippen LogP contribution in [-0.2, 0) is 0 Å². The molecule has 0 saturated heterocycles. The minimum Gasteiger partial charge on any atom is -0.493 e. The predicted octanol–water partition coefficient (Wildman–Crippen LogP) is 3.87. The van der Waals surface area contributed by atoms with Gasteiger partial charge in [-0.05, 0) is 24.3 Å². The van der Waals surface area contributed by atoms with Crippen LogP contribution in [-0.4, -0.2) is 20.0 Å². The molecule has 0 fully saturated rings. The molecule has 0 saturated carbocycles. The summed E-state index contributed by atoms with van der Waals surface area (Å²) in [6.07, 6.45) is 0. The number of hydrogen-bond acceptors (Lipinski definition) is 3. The van der Waals surface area contributed by atoms with Crippen molar-refractivity contribution in [1.82, 2.24) is 0 Å². The van der Waals surface area contributed by atoms with Crippen molar-refractivity contribution in [2.24, 2.45) is 0 Å². The maximum absolute atomic E-state index is 13.2. The van der Waals surface area contributed by atoms with E-state index < -0.39 is 17.4 Å². The summed E-state index contributed by atoms with van der Waals surface area (Å²) in [5.41, 5.74) is 0.100. The highest BCUT2D eigenvalue weighted by Crippen LogP contribution is 2.34. The van der Waals surface area contributed by atoms with Gasteiger partial charge in [0.25, 0.3) is 0 Å². The molecule has 0 radical (unpaired) electrons. The quantitative estimate of drug-likeness (QED) is 0.804. The molecule has 0 aliphatic rings. The van der Waals surface area contributed by atoms with Gasteiger partial charge < -0.3 is 9.47 Å². The first kappa shape index (κ1) is 15.3. The standard InChI is InChI=1S/C15H11ClF2O3/c1-20-13-6-9(10(16)7-14(13)21-2)15(19)8-3-4-11(17)12(18)5-8/h3-7H,1-2H3. The monoisotopic (exact) mass is 312 g/mol. The van der Waals surface area contributed by atoms with E-state index in [1.165, 1.54) is 32.4 Å². The summed E-state index contributed by atoms with van der Waals surface area (Å²) < 4.78 is 36.3. The largest absolute Gasteiger partial charge is 0.493 e. The second-order valence-corrected chi connectivity index (χ2v) is 4.55. The molecule has 0 spiro atoms. The maximum Gasteiger partial charge on any atom is 0.194 e. The van der Waals surface area contributed by atoms with Crippen LogP contribution in [0.25, 0.3) is 0 Å². The Balaban J connectivity index is 2.50. The third kappa shape index (κ3) is 2.97. The summed E-state index contributed by atoms with van der Waals surface area (Å²) in [5.74, 6) is -1.99. The summed E-state index contributed by atoms with van der Waals surface area (Å²) in [5, 5.41) is 0.127. The van der Waals surface area contributed by atoms with Crippen LogP contribution in [0.5, 0.6) is 11.5 Å². The normalized spacial score (nSPS) is 10.3. The number of methoxy groups -OCH3 is 2. The van der Waals surface area contributed by atoms with Gasteiger partial charge in [0, 0.05) is 17.2 Å². The van der Waals surface area contributed by atoms with E-state index in [2.05, 4.69) is 0 Å². The zero-order valence-electron chi connectivity index (χ0n) is 11.2. The Morgan fingerprint density at radius 1 is 1.00 bits per heavy atom. The molecule has 0 aliphatic carbocycles. The van der Waals surface area contributed by atoms with Crippen LogP contribution in [0.1, 0.15) is 15.9 Å². The zero-order valence-corrected chi connectivity index (χ0v) is 12.0. The van der Waals surface area contributed by atoms with Gasteiger partial charge in [-0.25, -0.2) is 8.78 Å². The van der Waals surface area contributed by atoms with Crippen LogP contribution < -0.4 is 9.47 Å². The molecule has 2 rings (SSSR count). The van der Waals surface area contributed by atoms with Crippen molar-refractivity contribution < 1.29 is 23.0 Å². The van der Waals surface area contributed by atoms with Crippen LogP contribution in [0.3, 0.4) is 0 Å². The van der Waals surface area contributed by atoms with Gasteiger partial charge in [-0.3, -0.25) is 4.79 Å². The fourth-order valence-electron chi connectivity index (χ4n) is 1.82. The van der Waals surface area contributed by atoms with Crippen LogP contribution >= 0.6 is 11.6 Å². The van der Waals surface area contributed by atoms with E-state index in [0.29, 0.717) is 11.5 Å². The Hall–Kier alpha value is -2.14. The van der Waals surface area contributed by atoms with Gasteiger partial charge in [0.2, 0.25) is 0 Å². The molecule has 6 heteroatoms. The number of rotatable bonds is 4. The van der Waals surface area contributed by atoms with Crippen LogP contribution in [0.15, 0.2) is 30.3 Å². The van der Waals surface area contributed by atoms with Crippen LogP contribution in [0.2, 0.25) is 5.02 Å². The minimum atomic E-state index is -1.10. The molecule has 0 heterocycles. The summed E-state index contributed by atoms with van der Waals surface area (Å²) >= 11 is 6.03. The maximum atomic E-state index is 13.2. The SMILES string of the molecule is COc1cc(Cl)c(C(=O)c2ccc(F)c(F)c2)cc1OC. The van der Waals surface area contributed by atoms with E-state index in [4.69, 9.17) is 21.1 Å². The van der Waals surface area contributed by atoms with Gasteiger partial charge in [0.1, 0.15) is 0 Å². The van der Waals surface area contributed by atoms with Crippen molar-refractivity contribution in [3.8, 4) is 11.5 Å². The summed E-state index contributed by atoms with van der Waals surface area (Å²) in [6, 6.07) is 5.72. The summed E-state index contributed by atoms with van der Waals surface area (Å²) in [6.45, 7) is 0. The van der Waals surface area contributed by atoms with E-state index >= 15 is 0 Å². The molecule has 0 bridgehead atoms. The third-order valence-electron chi connectivity index (χ3n) is 2.90. The number of carbonyl (C=O) groups excluding carboxylic acids is 1. The second-order valence-electron chi connectivity index (χ2n) is 4.15. The molecule has 110 valence electrons. The number of hydrogen-bond donors (Lipinski definition) is 0. The molecule has 2 aromatic carbocycles. The topological polar surface area (TPSA) is 35.5 Å². The lowest BCUT2D eigenvalue weighted by molar-refractivity contribution is 0.103. The highest BCUT2D eigenvalue weighted by atomic mass is 35.5.